The first kappa shape index (κ1) is 14.6. The number of likely N-dealkylation sites (tertiary alicyclic amines) is 1. The molecule has 0 aromatic carbocycles. The van der Waals surface area contributed by atoms with Gasteiger partial charge >= 0.3 is 0 Å². The van der Waals surface area contributed by atoms with E-state index >= 15 is 0 Å². The average Bonchev–Trinajstić information content (AvgIpc) is 2.87. The predicted octanol–water partition coefficient (Wildman–Crippen LogP) is 3.25. The largest absolute Gasteiger partial charge is 0.395 e. The number of hydrogen-bond acceptors (Lipinski definition) is 3. The number of aliphatic hydroxyl groups excluding tert-OH is 1. The van der Waals surface area contributed by atoms with Gasteiger partial charge in [-0.3, -0.25) is 4.90 Å². The van der Waals surface area contributed by atoms with Crippen molar-refractivity contribution in [2.75, 3.05) is 13.2 Å². The fourth-order valence-electron chi connectivity index (χ4n) is 2.70. The molecule has 1 atom stereocenters. The van der Waals surface area contributed by atoms with Crippen molar-refractivity contribution in [3.8, 4) is 11.8 Å². The van der Waals surface area contributed by atoms with Crippen molar-refractivity contribution < 1.29 is 5.11 Å². The summed E-state index contributed by atoms with van der Waals surface area (Å²) in [6, 6.07) is 2.85. The van der Waals surface area contributed by atoms with Gasteiger partial charge in [-0.15, -0.1) is 11.3 Å². The van der Waals surface area contributed by atoms with Gasteiger partial charge < -0.3 is 5.11 Å². The van der Waals surface area contributed by atoms with E-state index in [1.165, 1.54) is 37.1 Å². The van der Waals surface area contributed by atoms with Crippen LogP contribution >= 0.6 is 11.3 Å². The first-order valence-corrected chi connectivity index (χ1v) is 8.13. The maximum atomic E-state index is 8.78. The Morgan fingerprint density at radius 2 is 2.37 bits per heavy atom. The lowest BCUT2D eigenvalue weighted by Crippen LogP contribution is -2.38. The van der Waals surface area contributed by atoms with Crippen molar-refractivity contribution >= 4 is 11.3 Å². The Labute approximate surface area is 120 Å². The summed E-state index contributed by atoms with van der Waals surface area (Å²) in [4.78, 5) is 4.00. The molecule has 1 N–H and O–H groups in total. The maximum absolute atomic E-state index is 8.78. The molecule has 0 spiro atoms. The second kappa shape index (κ2) is 7.69. The molecule has 2 nitrogen and oxygen atoms in total. The molecule has 0 bridgehead atoms. The highest BCUT2D eigenvalue weighted by Crippen LogP contribution is 2.25. The maximum Gasteiger partial charge on any atom is 0.0540 e. The Morgan fingerprint density at radius 1 is 1.47 bits per heavy atom. The minimum absolute atomic E-state index is 0.149. The highest BCUT2D eigenvalue weighted by Gasteiger charge is 2.21. The number of aliphatic hydroxyl groups is 1. The fraction of sp³-hybridized carbons (Fsp3) is 0.625. The summed E-state index contributed by atoms with van der Waals surface area (Å²) in [5, 5.41) is 10.9. The quantitative estimate of drug-likeness (QED) is 0.854. The van der Waals surface area contributed by atoms with Crippen LogP contribution < -0.4 is 0 Å². The Morgan fingerprint density at radius 3 is 3.16 bits per heavy atom. The number of nitrogens with zero attached hydrogens (tertiary/aromatic N) is 1. The second-order valence-electron chi connectivity index (χ2n) is 5.06. The van der Waals surface area contributed by atoms with E-state index in [1.807, 2.05) is 11.3 Å². The lowest BCUT2D eigenvalue weighted by Gasteiger charge is -2.34. The molecule has 1 aromatic heterocycles. The fourth-order valence-corrected chi connectivity index (χ4v) is 3.56. The third-order valence-electron chi connectivity index (χ3n) is 3.77. The van der Waals surface area contributed by atoms with E-state index in [9.17, 15) is 0 Å². The zero-order valence-corrected chi connectivity index (χ0v) is 12.5. The summed E-state index contributed by atoms with van der Waals surface area (Å²) in [5.41, 5.74) is 1.15. The highest BCUT2D eigenvalue weighted by molar-refractivity contribution is 7.10. The van der Waals surface area contributed by atoms with Gasteiger partial charge in [0.05, 0.1) is 6.61 Å². The summed E-state index contributed by atoms with van der Waals surface area (Å²) in [7, 11) is 0. The van der Waals surface area contributed by atoms with E-state index in [0.29, 0.717) is 6.42 Å². The SMILES string of the molecule is CCC1CCCCN1Cc1sccc1C#CCCO. The molecular weight excluding hydrogens is 254 g/mol. The summed E-state index contributed by atoms with van der Waals surface area (Å²) >= 11 is 1.81. The van der Waals surface area contributed by atoms with Crippen molar-refractivity contribution in [2.45, 2.75) is 51.6 Å². The van der Waals surface area contributed by atoms with Crippen LogP contribution in [0.2, 0.25) is 0 Å². The van der Waals surface area contributed by atoms with Gasteiger partial charge in [0.15, 0.2) is 0 Å². The van der Waals surface area contributed by atoms with E-state index in [2.05, 4.69) is 35.1 Å². The molecule has 2 heterocycles. The van der Waals surface area contributed by atoms with Gasteiger partial charge in [0.1, 0.15) is 0 Å². The van der Waals surface area contributed by atoms with Gasteiger partial charge in [-0.25, -0.2) is 0 Å². The molecule has 1 fully saturated rings. The molecule has 19 heavy (non-hydrogen) atoms. The van der Waals surface area contributed by atoms with Crippen LogP contribution in [0.3, 0.4) is 0 Å². The van der Waals surface area contributed by atoms with Gasteiger partial charge in [0.2, 0.25) is 0 Å². The molecular formula is C16H23NOS. The predicted molar refractivity (Wildman–Crippen MR) is 81.2 cm³/mol. The van der Waals surface area contributed by atoms with Crippen LogP contribution in [0.4, 0.5) is 0 Å². The minimum atomic E-state index is 0.149. The van der Waals surface area contributed by atoms with E-state index < -0.39 is 0 Å². The molecule has 0 radical (unpaired) electrons. The van der Waals surface area contributed by atoms with Crippen molar-refractivity contribution in [1.29, 1.82) is 0 Å². The Bertz CT molecular complexity index is 443. The molecule has 2 rings (SSSR count). The van der Waals surface area contributed by atoms with E-state index in [0.717, 1.165) is 18.2 Å². The summed E-state index contributed by atoms with van der Waals surface area (Å²) in [6.07, 6.45) is 5.86. The number of piperidine rings is 1. The van der Waals surface area contributed by atoms with Gasteiger partial charge in [0.25, 0.3) is 0 Å². The van der Waals surface area contributed by atoms with Crippen LogP contribution in [0, 0.1) is 11.8 Å². The van der Waals surface area contributed by atoms with Crippen molar-refractivity contribution in [2.24, 2.45) is 0 Å². The Kier molecular flexibility index (Phi) is 5.91. The first-order valence-electron chi connectivity index (χ1n) is 7.25. The molecule has 1 unspecified atom stereocenters. The number of rotatable bonds is 4. The van der Waals surface area contributed by atoms with E-state index in [1.54, 1.807) is 0 Å². The second-order valence-corrected chi connectivity index (χ2v) is 6.06. The van der Waals surface area contributed by atoms with Gasteiger partial charge in [-0.05, 0) is 37.3 Å². The third kappa shape index (κ3) is 4.07. The lowest BCUT2D eigenvalue weighted by molar-refractivity contribution is 0.137. The van der Waals surface area contributed by atoms with Crippen LogP contribution in [0.25, 0.3) is 0 Å². The zero-order chi connectivity index (χ0) is 13.5. The molecule has 1 saturated heterocycles. The van der Waals surface area contributed by atoms with Crippen LogP contribution in [-0.4, -0.2) is 29.2 Å². The van der Waals surface area contributed by atoms with Crippen molar-refractivity contribution in [3.63, 3.8) is 0 Å². The first-order chi connectivity index (χ1) is 9.35. The molecule has 0 aliphatic carbocycles. The topological polar surface area (TPSA) is 23.5 Å². The van der Waals surface area contributed by atoms with Crippen LogP contribution in [-0.2, 0) is 6.54 Å². The Hall–Kier alpha value is -0.820. The molecule has 1 aliphatic rings. The third-order valence-corrected chi connectivity index (χ3v) is 4.68. The lowest BCUT2D eigenvalue weighted by atomic mass is 10.00. The highest BCUT2D eigenvalue weighted by atomic mass is 32.1. The molecule has 1 aliphatic heterocycles. The standard InChI is InChI=1S/C16H23NOS/c1-2-15-8-3-5-10-17(15)13-16-14(9-12-19-16)7-4-6-11-18/h9,12,15,18H,2-3,5-6,8,10-11,13H2,1H3. The number of hydrogen-bond donors (Lipinski definition) is 1. The molecule has 0 amide bonds. The van der Waals surface area contributed by atoms with Crippen LogP contribution in [0.15, 0.2) is 11.4 Å². The molecule has 0 saturated carbocycles. The van der Waals surface area contributed by atoms with Gasteiger partial charge in [-0.2, -0.15) is 0 Å². The van der Waals surface area contributed by atoms with Gasteiger partial charge in [0, 0.05) is 29.4 Å². The molecule has 1 aromatic rings. The molecule has 3 heteroatoms. The minimum Gasteiger partial charge on any atom is -0.395 e. The van der Waals surface area contributed by atoms with E-state index in [-0.39, 0.29) is 6.61 Å². The smallest absolute Gasteiger partial charge is 0.0540 e. The summed E-state index contributed by atoms with van der Waals surface area (Å²) < 4.78 is 0. The molecule has 104 valence electrons. The zero-order valence-electron chi connectivity index (χ0n) is 11.7. The van der Waals surface area contributed by atoms with Crippen molar-refractivity contribution in [1.82, 2.24) is 4.90 Å². The average molecular weight is 277 g/mol. The van der Waals surface area contributed by atoms with Gasteiger partial charge in [-0.1, -0.05) is 25.2 Å². The van der Waals surface area contributed by atoms with Crippen LogP contribution in [0.1, 0.15) is 49.5 Å². The Balaban J connectivity index is 2.02. The summed E-state index contributed by atoms with van der Waals surface area (Å²) in [6.45, 7) is 4.70. The monoisotopic (exact) mass is 277 g/mol. The van der Waals surface area contributed by atoms with E-state index in [4.69, 9.17) is 5.11 Å². The van der Waals surface area contributed by atoms with Crippen LogP contribution in [0.5, 0.6) is 0 Å². The number of thiophene rings is 1. The normalized spacial score (nSPS) is 20.0. The summed E-state index contributed by atoms with van der Waals surface area (Å²) in [5.74, 6) is 6.22. The van der Waals surface area contributed by atoms with Crippen molar-refractivity contribution in [3.05, 3.63) is 21.9 Å².